The van der Waals surface area contributed by atoms with Gasteiger partial charge in [-0.1, -0.05) is 12.2 Å². The molecule has 0 bridgehead atoms. The van der Waals surface area contributed by atoms with Crippen LogP contribution in [-0.2, 0) is 28.4 Å². The van der Waals surface area contributed by atoms with Gasteiger partial charge in [0.1, 0.15) is 0 Å². The van der Waals surface area contributed by atoms with Gasteiger partial charge in [0, 0.05) is 0 Å². The second kappa shape index (κ2) is 12.1. The predicted molar refractivity (Wildman–Crippen MR) is 170 cm³/mol. The van der Waals surface area contributed by atoms with Crippen LogP contribution in [0.25, 0.3) is 0 Å². The molecule has 0 aromatic carbocycles. The average molecular weight is 623 g/mol. The fourth-order valence-corrected chi connectivity index (χ4v) is 11.1. The van der Waals surface area contributed by atoms with E-state index in [2.05, 4.69) is 12.2 Å². The van der Waals surface area contributed by atoms with Crippen molar-refractivity contribution in [2.45, 2.75) is 195 Å². The zero-order valence-electron chi connectivity index (χ0n) is 27.4. The Kier molecular flexibility index (Phi) is 7.93. The van der Waals surface area contributed by atoms with Crippen molar-refractivity contribution < 1.29 is 28.4 Å². The minimum atomic E-state index is 0.617. The molecule has 0 aromatic heterocycles. The van der Waals surface area contributed by atoms with Crippen LogP contribution in [0.2, 0.25) is 0 Å². The highest BCUT2D eigenvalue weighted by atomic mass is 16.6. The van der Waals surface area contributed by atoms with Crippen LogP contribution < -0.4 is 0 Å². The summed E-state index contributed by atoms with van der Waals surface area (Å²) in [6.45, 7) is 0. The molecule has 0 radical (unpaired) electrons. The molecule has 45 heavy (non-hydrogen) atoms. The SMILES string of the molecule is C(=C/C1CCC2OC2C1)/C1CCC2OC2C1.C1CC2OC2CC1C1CCC2OC2C1.C1CC2OC2CC1CC1CCC2OC2C1. The molecule has 12 fully saturated rings. The van der Waals surface area contributed by atoms with E-state index in [1.54, 1.807) is 0 Å². The quantitative estimate of drug-likeness (QED) is 0.236. The highest BCUT2D eigenvalue weighted by molar-refractivity contribution is 5.04. The lowest BCUT2D eigenvalue weighted by atomic mass is 9.73. The lowest BCUT2D eigenvalue weighted by molar-refractivity contribution is 0.217. The standard InChI is InChI=1S/C14H20O2.C13H20O2.C12H18O2/c1(9-3-5-11-13(7-9)15-11)2-10-4-6-12-14(8-10)16-12;1-3-10-12(14-10)6-8(1)5-9-2-4-11-13(7-9)15-11;1-3-9-11(13-9)5-7(1)8-2-4-10-12(6-8)14-10/h1-2,9-14H,3-8H2;8-13H,1-7H2;7-12H,1-6H2/b2-1-;;. The molecule has 12 rings (SSSR count). The number of allylic oxidation sites excluding steroid dienone is 2. The van der Waals surface area contributed by atoms with Crippen molar-refractivity contribution in [3.05, 3.63) is 12.2 Å². The summed E-state index contributed by atoms with van der Waals surface area (Å²) in [4.78, 5) is 0. The fourth-order valence-electron chi connectivity index (χ4n) is 11.1. The number of hydrogen-bond acceptors (Lipinski definition) is 6. The van der Waals surface area contributed by atoms with E-state index >= 15 is 0 Å². The van der Waals surface area contributed by atoms with Gasteiger partial charge in [0.25, 0.3) is 0 Å². The Bertz CT molecular complexity index is 1010. The first-order chi connectivity index (χ1) is 22.2. The maximum Gasteiger partial charge on any atom is 0.0847 e. The second-order valence-corrected chi connectivity index (χ2v) is 17.5. The minimum absolute atomic E-state index is 0.617. The zero-order valence-corrected chi connectivity index (χ0v) is 27.4. The molecule has 0 amide bonds. The van der Waals surface area contributed by atoms with Crippen LogP contribution in [0, 0.1) is 35.5 Å². The smallest absolute Gasteiger partial charge is 0.0847 e. The summed E-state index contributed by atoms with van der Waals surface area (Å²) in [7, 11) is 0. The molecule has 0 N–H and O–H groups in total. The van der Waals surface area contributed by atoms with E-state index in [4.69, 9.17) is 28.4 Å². The molecule has 250 valence electrons. The number of epoxide rings is 6. The predicted octanol–water partition coefficient (Wildman–Crippen LogP) is 7.31. The van der Waals surface area contributed by atoms with Crippen LogP contribution >= 0.6 is 0 Å². The van der Waals surface area contributed by atoms with Crippen LogP contribution in [0.3, 0.4) is 0 Å². The molecule has 0 aromatic rings. The summed E-state index contributed by atoms with van der Waals surface area (Å²) in [5.41, 5.74) is 0. The third-order valence-electron chi connectivity index (χ3n) is 14.4. The van der Waals surface area contributed by atoms with Crippen molar-refractivity contribution >= 4 is 0 Å². The Morgan fingerprint density at radius 2 is 0.644 bits per heavy atom. The van der Waals surface area contributed by atoms with Gasteiger partial charge in [-0.2, -0.15) is 0 Å². The summed E-state index contributed by atoms with van der Waals surface area (Å²) in [6.07, 6.45) is 38.5. The summed E-state index contributed by atoms with van der Waals surface area (Å²) in [5.74, 6) is 5.44. The largest absolute Gasteiger partial charge is 0.370 e. The summed E-state index contributed by atoms with van der Waals surface area (Å²) in [6, 6.07) is 0. The topological polar surface area (TPSA) is 75.2 Å². The third-order valence-corrected chi connectivity index (χ3v) is 14.4. The van der Waals surface area contributed by atoms with Crippen LogP contribution in [0.1, 0.15) is 122 Å². The molecular formula is C39H58O6. The first kappa shape index (κ1) is 29.4. The van der Waals surface area contributed by atoms with Gasteiger partial charge in [0.05, 0.1) is 73.2 Å². The first-order valence-corrected chi connectivity index (χ1v) is 19.8. The fraction of sp³-hybridized carbons (Fsp3) is 0.949. The Morgan fingerprint density at radius 1 is 0.311 bits per heavy atom. The van der Waals surface area contributed by atoms with Crippen molar-refractivity contribution in [3.8, 4) is 0 Å². The Balaban J connectivity index is 0.0000000885. The van der Waals surface area contributed by atoms with Gasteiger partial charge in [-0.05, 0) is 158 Å². The van der Waals surface area contributed by atoms with Crippen molar-refractivity contribution in [3.63, 3.8) is 0 Å². The molecule has 6 heterocycles. The molecule has 6 saturated carbocycles. The van der Waals surface area contributed by atoms with E-state index in [0.29, 0.717) is 73.2 Å². The normalized spacial score (nSPS) is 57.0. The second-order valence-electron chi connectivity index (χ2n) is 17.5. The molecule has 6 saturated heterocycles. The van der Waals surface area contributed by atoms with Crippen molar-refractivity contribution in [1.29, 1.82) is 0 Å². The highest BCUT2D eigenvalue weighted by Gasteiger charge is 2.51. The van der Waals surface area contributed by atoms with E-state index in [0.717, 1.165) is 35.5 Å². The van der Waals surface area contributed by atoms with E-state index in [1.807, 2.05) is 0 Å². The van der Waals surface area contributed by atoms with E-state index in [-0.39, 0.29) is 0 Å². The van der Waals surface area contributed by atoms with E-state index in [9.17, 15) is 0 Å². The van der Waals surface area contributed by atoms with Crippen molar-refractivity contribution in [1.82, 2.24) is 0 Å². The first-order valence-electron chi connectivity index (χ1n) is 19.8. The summed E-state index contributed by atoms with van der Waals surface area (Å²) < 4.78 is 33.6. The lowest BCUT2D eigenvalue weighted by Gasteiger charge is -2.30. The Labute approximate surface area is 271 Å². The van der Waals surface area contributed by atoms with E-state index in [1.165, 1.54) is 122 Å². The number of hydrogen-bond donors (Lipinski definition) is 0. The summed E-state index contributed by atoms with van der Waals surface area (Å²) in [5, 5.41) is 0. The Morgan fingerprint density at radius 3 is 1.00 bits per heavy atom. The maximum atomic E-state index is 5.60. The lowest BCUT2D eigenvalue weighted by Crippen LogP contribution is -2.26. The maximum absolute atomic E-state index is 5.60. The third kappa shape index (κ3) is 7.13. The molecule has 18 unspecified atom stereocenters. The molecule has 12 aliphatic rings. The van der Waals surface area contributed by atoms with Gasteiger partial charge in [0.2, 0.25) is 0 Å². The molecule has 6 heteroatoms. The van der Waals surface area contributed by atoms with Gasteiger partial charge in [0.15, 0.2) is 0 Å². The minimum Gasteiger partial charge on any atom is -0.370 e. The molecular weight excluding hydrogens is 564 g/mol. The van der Waals surface area contributed by atoms with Crippen LogP contribution in [0.5, 0.6) is 0 Å². The van der Waals surface area contributed by atoms with Crippen molar-refractivity contribution in [2.75, 3.05) is 0 Å². The van der Waals surface area contributed by atoms with Gasteiger partial charge in [-0.3, -0.25) is 0 Å². The molecule has 0 spiro atoms. The van der Waals surface area contributed by atoms with Crippen molar-refractivity contribution in [2.24, 2.45) is 35.5 Å². The molecule has 6 aliphatic heterocycles. The van der Waals surface area contributed by atoms with Gasteiger partial charge < -0.3 is 28.4 Å². The van der Waals surface area contributed by atoms with E-state index < -0.39 is 0 Å². The van der Waals surface area contributed by atoms with Crippen LogP contribution in [0.15, 0.2) is 12.2 Å². The Hall–Kier alpha value is -0.500. The molecule has 6 nitrogen and oxygen atoms in total. The van der Waals surface area contributed by atoms with Gasteiger partial charge in [-0.15, -0.1) is 0 Å². The molecule has 6 aliphatic carbocycles. The number of ether oxygens (including phenoxy) is 6. The van der Waals surface area contributed by atoms with Crippen LogP contribution in [-0.4, -0.2) is 73.2 Å². The monoisotopic (exact) mass is 622 g/mol. The van der Waals surface area contributed by atoms with Gasteiger partial charge in [-0.25, -0.2) is 0 Å². The summed E-state index contributed by atoms with van der Waals surface area (Å²) >= 11 is 0. The highest BCUT2D eigenvalue weighted by Crippen LogP contribution is 2.50. The zero-order chi connectivity index (χ0) is 29.5. The number of rotatable bonds is 5. The van der Waals surface area contributed by atoms with Crippen LogP contribution in [0.4, 0.5) is 0 Å². The van der Waals surface area contributed by atoms with Gasteiger partial charge >= 0.3 is 0 Å². The number of fused-ring (bicyclic) bond motifs is 6. The molecule has 18 atom stereocenters. The average Bonchev–Trinajstić information content (AvgIpc) is 3.86.